The van der Waals surface area contributed by atoms with Gasteiger partial charge in [0.15, 0.2) is 0 Å². The topological polar surface area (TPSA) is 3.24 Å². The minimum absolute atomic E-state index is 0.118. The zero-order valence-corrected chi connectivity index (χ0v) is 8.65. The maximum Gasteiger partial charge on any atom is 0.0423 e. The zero-order chi connectivity index (χ0) is 9.41. The van der Waals surface area contributed by atoms with E-state index in [0.29, 0.717) is 0 Å². The first kappa shape index (κ1) is 9.61. The van der Waals surface area contributed by atoms with E-state index >= 15 is 0 Å². The lowest BCUT2D eigenvalue weighted by Crippen LogP contribution is -2.40. The van der Waals surface area contributed by atoms with Crippen LogP contribution in [0.5, 0.6) is 0 Å². The van der Waals surface area contributed by atoms with Gasteiger partial charge in [-0.3, -0.25) is 4.90 Å². The van der Waals surface area contributed by atoms with Gasteiger partial charge < -0.3 is 0 Å². The summed E-state index contributed by atoms with van der Waals surface area (Å²) in [6.45, 7) is 11.1. The average Bonchev–Trinajstić information content (AvgIpc) is 2.32. The van der Waals surface area contributed by atoms with E-state index in [1.165, 1.54) is 0 Å². The van der Waals surface area contributed by atoms with Crippen LogP contribution in [0.15, 0.2) is 0 Å². The van der Waals surface area contributed by atoms with Gasteiger partial charge in [0.05, 0.1) is 0 Å². The van der Waals surface area contributed by atoms with Crippen LogP contribution in [-0.4, -0.2) is 23.5 Å². The van der Waals surface area contributed by atoms with Gasteiger partial charge in [0.25, 0.3) is 0 Å². The standard InChI is InChI=1S/C11H19N/c1-6-11(5)7-8-12(9-11)10(2,3)4/h1H,7-9H2,2-5H3/t11-/m0/s1. The molecule has 0 aromatic rings. The molecule has 68 valence electrons. The predicted molar refractivity (Wildman–Crippen MR) is 52.9 cm³/mol. The molecule has 1 heterocycles. The molecule has 0 bridgehead atoms. The molecule has 0 aromatic carbocycles. The summed E-state index contributed by atoms with van der Waals surface area (Å²) in [5.74, 6) is 2.90. The van der Waals surface area contributed by atoms with Crippen LogP contribution in [0, 0.1) is 17.8 Å². The Labute approximate surface area is 76.1 Å². The number of likely N-dealkylation sites (tertiary alicyclic amines) is 1. The molecule has 1 fully saturated rings. The smallest absolute Gasteiger partial charge is 0.0423 e. The van der Waals surface area contributed by atoms with Gasteiger partial charge in [-0.2, -0.15) is 0 Å². The molecule has 0 aliphatic carbocycles. The van der Waals surface area contributed by atoms with E-state index in [2.05, 4.69) is 38.5 Å². The molecule has 0 amide bonds. The van der Waals surface area contributed by atoms with Crippen molar-refractivity contribution in [1.82, 2.24) is 4.90 Å². The molecule has 1 heteroatoms. The molecule has 1 rings (SSSR count). The lowest BCUT2D eigenvalue weighted by molar-refractivity contribution is 0.163. The van der Waals surface area contributed by atoms with E-state index in [1.807, 2.05) is 0 Å². The van der Waals surface area contributed by atoms with Gasteiger partial charge >= 0.3 is 0 Å². The molecular weight excluding hydrogens is 146 g/mol. The maximum atomic E-state index is 5.50. The van der Waals surface area contributed by atoms with Crippen LogP contribution in [0.3, 0.4) is 0 Å². The molecule has 1 aliphatic rings. The quantitative estimate of drug-likeness (QED) is 0.497. The molecule has 0 aromatic heterocycles. The second-order valence-electron chi connectivity index (χ2n) is 5.05. The van der Waals surface area contributed by atoms with Crippen LogP contribution >= 0.6 is 0 Å². The average molecular weight is 165 g/mol. The van der Waals surface area contributed by atoms with Crippen molar-refractivity contribution in [3.63, 3.8) is 0 Å². The summed E-state index contributed by atoms with van der Waals surface area (Å²) >= 11 is 0. The first-order chi connectivity index (χ1) is 5.37. The minimum atomic E-state index is 0.118. The highest BCUT2D eigenvalue weighted by atomic mass is 15.2. The second-order valence-corrected chi connectivity index (χ2v) is 5.05. The Hall–Kier alpha value is -0.480. The van der Waals surface area contributed by atoms with E-state index < -0.39 is 0 Å². The Balaban J connectivity index is 2.65. The summed E-state index contributed by atoms with van der Waals surface area (Å²) < 4.78 is 0. The van der Waals surface area contributed by atoms with E-state index in [-0.39, 0.29) is 11.0 Å². The summed E-state index contributed by atoms with van der Waals surface area (Å²) in [5.41, 5.74) is 0.391. The van der Waals surface area contributed by atoms with Crippen molar-refractivity contribution >= 4 is 0 Å². The Kier molecular flexibility index (Phi) is 2.23. The molecule has 0 unspecified atom stereocenters. The third-order valence-corrected chi connectivity index (χ3v) is 2.77. The number of nitrogens with zero attached hydrogens (tertiary/aromatic N) is 1. The first-order valence-electron chi connectivity index (χ1n) is 4.60. The van der Waals surface area contributed by atoms with Crippen LogP contribution in [0.1, 0.15) is 34.1 Å². The Bertz CT molecular complexity index is 206. The third kappa shape index (κ3) is 1.81. The van der Waals surface area contributed by atoms with Crippen molar-refractivity contribution in [3.05, 3.63) is 0 Å². The molecule has 0 radical (unpaired) electrons. The second kappa shape index (κ2) is 2.78. The van der Waals surface area contributed by atoms with Crippen LogP contribution < -0.4 is 0 Å². The van der Waals surface area contributed by atoms with Gasteiger partial charge in [-0.1, -0.05) is 5.92 Å². The van der Waals surface area contributed by atoms with Crippen molar-refractivity contribution in [2.75, 3.05) is 13.1 Å². The van der Waals surface area contributed by atoms with E-state index in [4.69, 9.17) is 6.42 Å². The zero-order valence-electron chi connectivity index (χ0n) is 8.65. The Morgan fingerprint density at radius 1 is 1.42 bits per heavy atom. The van der Waals surface area contributed by atoms with Gasteiger partial charge in [-0.05, 0) is 34.1 Å². The lowest BCUT2D eigenvalue weighted by atomic mass is 9.91. The van der Waals surface area contributed by atoms with Crippen LogP contribution in [0.25, 0.3) is 0 Å². The fraction of sp³-hybridized carbons (Fsp3) is 0.818. The predicted octanol–water partition coefficient (Wildman–Crippen LogP) is 2.13. The molecule has 1 nitrogen and oxygen atoms in total. The van der Waals surface area contributed by atoms with Gasteiger partial charge in [0, 0.05) is 24.0 Å². The maximum absolute atomic E-state index is 5.50. The fourth-order valence-corrected chi connectivity index (χ4v) is 1.65. The van der Waals surface area contributed by atoms with E-state index in [9.17, 15) is 0 Å². The van der Waals surface area contributed by atoms with Gasteiger partial charge in [-0.15, -0.1) is 6.42 Å². The largest absolute Gasteiger partial charge is 0.297 e. The van der Waals surface area contributed by atoms with E-state index in [0.717, 1.165) is 19.5 Å². The summed E-state index contributed by atoms with van der Waals surface area (Å²) in [5, 5.41) is 0. The van der Waals surface area contributed by atoms with Crippen LogP contribution in [0.4, 0.5) is 0 Å². The Morgan fingerprint density at radius 2 is 2.00 bits per heavy atom. The van der Waals surface area contributed by atoms with Crippen molar-refractivity contribution in [3.8, 4) is 12.3 Å². The summed E-state index contributed by atoms with van der Waals surface area (Å²) in [6, 6.07) is 0. The highest BCUT2D eigenvalue weighted by molar-refractivity contribution is 5.09. The van der Waals surface area contributed by atoms with Crippen molar-refractivity contribution in [2.45, 2.75) is 39.7 Å². The number of rotatable bonds is 0. The molecule has 0 N–H and O–H groups in total. The molecular formula is C11H19N. The summed E-state index contributed by atoms with van der Waals surface area (Å²) in [6.07, 6.45) is 6.64. The molecule has 0 spiro atoms. The Morgan fingerprint density at radius 3 is 2.25 bits per heavy atom. The van der Waals surface area contributed by atoms with Gasteiger partial charge in [0.1, 0.15) is 0 Å². The highest BCUT2D eigenvalue weighted by Gasteiger charge is 2.36. The normalized spacial score (nSPS) is 31.9. The summed E-state index contributed by atoms with van der Waals surface area (Å²) in [4.78, 5) is 2.47. The molecule has 1 atom stereocenters. The molecule has 0 saturated carbocycles. The number of hydrogen-bond acceptors (Lipinski definition) is 1. The summed E-state index contributed by atoms with van der Waals surface area (Å²) in [7, 11) is 0. The minimum Gasteiger partial charge on any atom is -0.297 e. The van der Waals surface area contributed by atoms with E-state index in [1.54, 1.807) is 0 Å². The van der Waals surface area contributed by atoms with Gasteiger partial charge in [-0.25, -0.2) is 0 Å². The third-order valence-electron chi connectivity index (χ3n) is 2.77. The first-order valence-corrected chi connectivity index (χ1v) is 4.60. The number of terminal acetylenes is 1. The highest BCUT2D eigenvalue weighted by Crippen LogP contribution is 2.32. The number of hydrogen-bond donors (Lipinski definition) is 0. The monoisotopic (exact) mass is 165 g/mol. The lowest BCUT2D eigenvalue weighted by Gasteiger charge is -2.32. The fourth-order valence-electron chi connectivity index (χ4n) is 1.65. The van der Waals surface area contributed by atoms with Gasteiger partial charge in [0.2, 0.25) is 0 Å². The molecule has 1 saturated heterocycles. The van der Waals surface area contributed by atoms with Crippen molar-refractivity contribution in [1.29, 1.82) is 0 Å². The molecule has 12 heavy (non-hydrogen) atoms. The molecule has 1 aliphatic heterocycles. The van der Waals surface area contributed by atoms with Crippen molar-refractivity contribution in [2.24, 2.45) is 5.41 Å². The van der Waals surface area contributed by atoms with Crippen LogP contribution in [0.2, 0.25) is 0 Å². The SMILES string of the molecule is C#C[C@@]1(C)CCN(C(C)(C)C)C1. The van der Waals surface area contributed by atoms with Crippen LogP contribution in [-0.2, 0) is 0 Å². The van der Waals surface area contributed by atoms with Crippen molar-refractivity contribution < 1.29 is 0 Å².